The molecule has 6 heteroatoms. The lowest BCUT2D eigenvalue weighted by atomic mass is 9.99. The van der Waals surface area contributed by atoms with Gasteiger partial charge in [0.05, 0.1) is 11.1 Å². The summed E-state index contributed by atoms with van der Waals surface area (Å²) < 4.78 is 13.6. The maximum Gasteiger partial charge on any atom is 0.219 e. The fourth-order valence-corrected chi connectivity index (χ4v) is 2.95. The smallest absolute Gasteiger partial charge is 0.219 e. The molecule has 0 fully saturated rings. The SMILES string of the molecule is CC(=O)N1CC[C@@H](Nc2ccc(Cl)cn2)c2ccc(F)cc2C1. The van der Waals surface area contributed by atoms with E-state index in [1.54, 1.807) is 29.3 Å². The van der Waals surface area contributed by atoms with E-state index in [-0.39, 0.29) is 17.8 Å². The predicted molar refractivity (Wildman–Crippen MR) is 87.7 cm³/mol. The van der Waals surface area contributed by atoms with Crippen LogP contribution >= 0.6 is 11.6 Å². The van der Waals surface area contributed by atoms with Gasteiger partial charge < -0.3 is 10.2 Å². The Kier molecular flexibility index (Phi) is 4.48. The standard InChI is InChI=1S/C17H17ClFN3O/c1-11(23)22-7-6-16(21-17-5-2-13(18)9-20-17)15-4-3-14(19)8-12(15)10-22/h2-5,8-9,16H,6-7,10H2,1H3,(H,20,21)/t16-/m1/s1. The molecule has 1 aliphatic heterocycles. The van der Waals surface area contributed by atoms with Gasteiger partial charge >= 0.3 is 0 Å². The Labute approximate surface area is 139 Å². The van der Waals surface area contributed by atoms with Crippen LogP contribution in [0.2, 0.25) is 5.02 Å². The number of rotatable bonds is 2. The molecule has 0 saturated heterocycles. The molecule has 0 bridgehead atoms. The number of pyridine rings is 1. The average Bonchev–Trinajstić information content (AvgIpc) is 2.69. The summed E-state index contributed by atoms with van der Waals surface area (Å²) in [5.41, 5.74) is 1.82. The number of hydrogen-bond acceptors (Lipinski definition) is 3. The van der Waals surface area contributed by atoms with Gasteiger partial charge in [-0.05, 0) is 41.8 Å². The lowest BCUT2D eigenvalue weighted by molar-refractivity contribution is -0.129. The molecule has 3 rings (SSSR count). The quantitative estimate of drug-likeness (QED) is 0.909. The monoisotopic (exact) mass is 333 g/mol. The summed E-state index contributed by atoms with van der Waals surface area (Å²) in [5, 5.41) is 3.92. The van der Waals surface area contributed by atoms with Crippen LogP contribution < -0.4 is 5.32 Å². The van der Waals surface area contributed by atoms with Gasteiger partial charge in [-0.25, -0.2) is 9.37 Å². The summed E-state index contributed by atoms with van der Waals surface area (Å²) in [4.78, 5) is 17.7. The molecule has 1 atom stereocenters. The Balaban J connectivity index is 1.91. The number of carbonyl (C=O) groups is 1. The summed E-state index contributed by atoms with van der Waals surface area (Å²) >= 11 is 5.86. The number of halogens is 2. The van der Waals surface area contributed by atoms with Crippen molar-refractivity contribution in [2.45, 2.75) is 25.9 Å². The number of nitrogens with zero attached hydrogens (tertiary/aromatic N) is 2. The van der Waals surface area contributed by atoms with Gasteiger partial charge in [-0.2, -0.15) is 0 Å². The lowest BCUT2D eigenvalue weighted by Crippen LogP contribution is -2.28. The van der Waals surface area contributed by atoms with Crippen molar-refractivity contribution in [3.05, 3.63) is 58.5 Å². The van der Waals surface area contributed by atoms with Crippen molar-refractivity contribution >= 4 is 23.3 Å². The van der Waals surface area contributed by atoms with Crippen LogP contribution in [0.15, 0.2) is 36.5 Å². The van der Waals surface area contributed by atoms with Crippen molar-refractivity contribution in [2.24, 2.45) is 0 Å². The molecule has 23 heavy (non-hydrogen) atoms. The van der Waals surface area contributed by atoms with Crippen molar-refractivity contribution in [1.82, 2.24) is 9.88 Å². The van der Waals surface area contributed by atoms with Gasteiger partial charge in [-0.3, -0.25) is 4.79 Å². The Morgan fingerprint density at radius 1 is 1.39 bits per heavy atom. The molecule has 4 nitrogen and oxygen atoms in total. The number of aromatic nitrogens is 1. The highest BCUT2D eigenvalue weighted by Gasteiger charge is 2.24. The molecule has 2 heterocycles. The van der Waals surface area contributed by atoms with Crippen LogP contribution in [0.1, 0.15) is 30.5 Å². The molecule has 0 aliphatic carbocycles. The molecule has 1 N–H and O–H groups in total. The zero-order valence-corrected chi connectivity index (χ0v) is 13.5. The number of fused-ring (bicyclic) bond motifs is 1. The number of amides is 1. The third-order valence-corrected chi connectivity index (χ3v) is 4.25. The number of carbonyl (C=O) groups excluding carboxylic acids is 1. The summed E-state index contributed by atoms with van der Waals surface area (Å²) in [5.74, 6) is 0.397. The van der Waals surface area contributed by atoms with E-state index in [1.807, 2.05) is 0 Å². The van der Waals surface area contributed by atoms with Gasteiger partial charge in [-0.15, -0.1) is 0 Å². The molecule has 1 aromatic heterocycles. The van der Waals surface area contributed by atoms with E-state index in [1.165, 1.54) is 19.1 Å². The minimum absolute atomic E-state index is 0.00882. The molecule has 2 aromatic rings. The fraction of sp³-hybridized carbons (Fsp3) is 0.294. The van der Waals surface area contributed by atoms with Gasteiger partial charge in [0, 0.05) is 26.2 Å². The maximum atomic E-state index is 13.6. The number of nitrogens with one attached hydrogen (secondary N) is 1. The second kappa shape index (κ2) is 6.54. The average molecular weight is 334 g/mol. The number of hydrogen-bond donors (Lipinski definition) is 1. The Morgan fingerprint density at radius 2 is 2.22 bits per heavy atom. The Morgan fingerprint density at radius 3 is 2.91 bits per heavy atom. The van der Waals surface area contributed by atoms with Gasteiger partial charge in [0.1, 0.15) is 11.6 Å². The molecule has 0 saturated carbocycles. The van der Waals surface area contributed by atoms with Gasteiger partial charge in [-0.1, -0.05) is 17.7 Å². The van der Waals surface area contributed by atoms with Crippen LogP contribution in [0, 0.1) is 5.82 Å². The summed E-state index contributed by atoms with van der Waals surface area (Å²) in [6.45, 7) is 2.57. The van der Waals surface area contributed by atoms with Crippen LogP contribution in [0.25, 0.3) is 0 Å². The van der Waals surface area contributed by atoms with Crippen LogP contribution in [0.4, 0.5) is 10.2 Å². The van der Waals surface area contributed by atoms with Gasteiger partial charge in [0.15, 0.2) is 0 Å². The van der Waals surface area contributed by atoms with Crippen molar-refractivity contribution in [3.8, 4) is 0 Å². The molecular formula is C17H17ClFN3O. The van der Waals surface area contributed by atoms with Crippen LogP contribution in [0.3, 0.4) is 0 Å². The summed E-state index contributed by atoms with van der Waals surface area (Å²) in [6.07, 6.45) is 2.30. The minimum Gasteiger partial charge on any atom is -0.363 e. The van der Waals surface area contributed by atoms with Crippen molar-refractivity contribution < 1.29 is 9.18 Å². The van der Waals surface area contributed by atoms with E-state index in [2.05, 4.69) is 10.3 Å². The van der Waals surface area contributed by atoms with Crippen molar-refractivity contribution in [1.29, 1.82) is 0 Å². The van der Waals surface area contributed by atoms with Crippen molar-refractivity contribution in [2.75, 3.05) is 11.9 Å². The molecule has 0 spiro atoms. The van der Waals surface area contributed by atoms with Crippen LogP contribution in [-0.2, 0) is 11.3 Å². The molecule has 1 aromatic carbocycles. The maximum absolute atomic E-state index is 13.6. The van der Waals surface area contributed by atoms with E-state index in [9.17, 15) is 9.18 Å². The number of benzene rings is 1. The third kappa shape index (κ3) is 3.62. The minimum atomic E-state index is -0.294. The van der Waals surface area contributed by atoms with Gasteiger partial charge in [0.25, 0.3) is 0 Å². The van der Waals surface area contributed by atoms with E-state index < -0.39 is 0 Å². The summed E-state index contributed by atoms with van der Waals surface area (Å²) in [6, 6.07) is 8.26. The van der Waals surface area contributed by atoms with E-state index in [4.69, 9.17) is 11.6 Å². The molecule has 1 aliphatic rings. The van der Waals surface area contributed by atoms with Crippen LogP contribution in [-0.4, -0.2) is 22.3 Å². The van der Waals surface area contributed by atoms with E-state index >= 15 is 0 Å². The second-order valence-electron chi connectivity index (χ2n) is 5.63. The Hall–Kier alpha value is -2.14. The zero-order valence-electron chi connectivity index (χ0n) is 12.7. The highest BCUT2D eigenvalue weighted by molar-refractivity contribution is 6.30. The first-order valence-corrected chi connectivity index (χ1v) is 7.82. The van der Waals surface area contributed by atoms with Gasteiger partial charge in [0.2, 0.25) is 5.91 Å². The first kappa shape index (κ1) is 15.7. The molecule has 0 unspecified atom stereocenters. The first-order chi connectivity index (χ1) is 11.0. The predicted octanol–water partition coefficient (Wildman–Crippen LogP) is 3.78. The topological polar surface area (TPSA) is 45.2 Å². The third-order valence-electron chi connectivity index (χ3n) is 4.02. The zero-order chi connectivity index (χ0) is 16.4. The normalized spacial score (nSPS) is 17.3. The Bertz CT molecular complexity index is 720. The highest BCUT2D eigenvalue weighted by Crippen LogP contribution is 2.30. The summed E-state index contributed by atoms with van der Waals surface area (Å²) in [7, 11) is 0. The molecular weight excluding hydrogens is 317 g/mol. The van der Waals surface area contributed by atoms with Crippen LogP contribution in [0.5, 0.6) is 0 Å². The largest absolute Gasteiger partial charge is 0.363 e. The van der Waals surface area contributed by atoms with Crippen molar-refractivity contribution in [3.63, 3.8) is 0 Å². The number of anilines is 1. The fourth-order valence-electron chi connectivity index (χ4n) is 2.83. The highest BCUT2D eigenvalue weighted by atomic mass is 35.5. The molecule has 0 radical (unpaired) electrons. The molecule has 120 valence electrons. The first-order valence-electron chi connectivity index (χ1n) is 7.45. The van der Waals surface area contributed by atoms with E-state index in [0.29, 0.717) is 23.9 Å². The van der Waals surface area contributed by atoms with E-state index in [0.717, 1.165) is 17.5 Å². The molecule has 1 amide bonds. The lowest BCUT2D eigenvalue weighted by Gasteiger charge is -2.20. The second-order valence-corrected chi connectivity index (χ2v) is 6.07.